The molecule has 17 heavy (non-hydrogen) atoms. The number of halogens is 1. The molecule has 1 aliphatic heterocycles. The summed E-state index contributed by atoms with van der Waals surface area (Å²) in [7, 11) is 2.04. The van der Waals surface area contributed by atoms with E-state index in [1.54, 1.807) is 12.1 Å². The predicted octanol–water partition coefficient (Wildman–Crippen LogP) is 1.33. The van der Waals surface area contributed by atoms with E-state index >= 15 is 0 Å². The van der Waals surface area contributed by atoms with Gasteiger partial charge in [0.1, 0.15) is 5.82 Å². The van der Waals surface area contributed by atoms with Crippen LogP contribution in [0.1, 0.15) is 6.42 Å². The van der Waals surface area contributed by atoms with Crippen LogP contribution in [0.3, 0.4) is 0 Å². The van der Waals surface area contributed by atoms with E-state index in [2.05, 4.69) is 9.80 Å². The number of nitrogens with zero attached hydrogens (tertiary/aromatic N) is 2. The number of aliphatic hydroxyl groups is 1. The molecule has 0 saturated carbocycles. The van der Waals surface area contributed by atoms with Crippen molar-refractivity contribution in [1.29, 1.82) is 0 Å². The Morgan fingerprint density at radius 1 is 1.29 bits per heavy atom. The second-order valence-corrected chi connectivity index (χ2v) is 4.59. The molecule has 1 saturated heterocycles. The lowest BCUT2D eigenvalue weighted by atomic mass is 10.2. The smallest absolute Gasteiger partial charge is 0.123 e. The molecule has 0 bridgehead atoms. The molecule has 0 aromatic heterocycles. The van der Waals surface area contributed by atoms with Crippen LogP contribution in [0.5, 0.6) is 0 Å². The van der Waals surface area contributed by atoms with Crippen molar-refractivity contribution in [1.82, 2.24) is 4.90 Å². The van der Waals surface area contributed by atoms with Gasteiger partial charge in [0.05, 0.1) is 6.61 Å². The molecule has 4 heteroatoms. The number of likely N-dealkylation sites (N-methyl/N-ethyl adjacent to an activating group) is 1. The van der Waals surface area contributed by atoms with Gasteiger partial charge < -0.3 is 10.0 Å². The molecule has 94 valence electrons. The highest BCUT2D eigenvalue weighted by Crippen LogP contribution is 2.18. The zero-order chi connectivity index (χ0) is 12.3. The fourth-order valence-corrected chi connectivity index (χ4v) is 2.26. The summed E-state index contributed by atoms with van der Waals surface area (Å²) >= 11 is 0. The standard InChI is InChI=1S/C13H19FN2O/c1-15-7-2-8-16(9-13(15)10-17)12-5-3-11(14)4-6-12/h3-6,13,17H,2,7-10H2,1H3. The maximum Gasteiger partial charge on any atom is 0.123 e. The Balaban J connectivity index is 2.12. The lowest BCUT2D eigenvalue weighted by molar-refractivity contribution is 0.159. The van der Waals surface area contributed by atoms with Gasteiger partial charge in [-0.15, -0.1) is 0 Å². The lowest BCUT2D eigenvalue weighted by Crippen LogP contribution is -2.41. The van der Waals surface area contributed by atoms with Crippen molar-refractivity contribution in [2.75, 3.05) is 38.2 Å². The molecule has 0 aliphatic carbocycles. The first kappa shape index (κ1) is 12.3. The van der Waals surface area contributed by atoms with Crippen LogP contribution < -0.4 is 4.90 Å². The van der Waals surface area contributed by atoms with Gasteiger partial charge in [-0.25, -0.2) is 4.39 Å². The third kappa shape index (κ3) is 2.96. The van der Waals surface area contributed by atoms with E-state index in [1.165, 1.54) is 12.1 Å². The van der Waals surface area contributed by atoms with Crippen LogP contribution in [-0.4, -0.2) is 49.3 Å². The van der Waals surface area contributed by atoms with Crippen molar-refractivity contribution < 1.29 is 9.50 Å². The third-order valence-electron chi connectivity index (χ3n) is 3.40. The molecule has 1 unspecified atom stereocenters. The molecule has 1 N–H and O–H groups in total. The molecule has 0 spiro atoms. The van der Waals surface area contributed by atoms with Gasteiger partial charge in [0.2, 0.25) is 0 Å². The molecule has 1 atom stereocenters. The average molecular weight is 238 g/mol. The first-order chi connectivity index (χ1) is 8.20. The van der Waals surface area contributed by atoms with Crippen LogP contribution in [0.2, 0.25) is 0 Å². The number of anilines is 1. The summed E-state index contributed by atoms with van der Waals surface area (Å²) in [5, 5.41) is 9.37. The highest BCUT2D eigenvalue weighted by Gasteiger charge is 2.21. The molecule has 3 nitrogen and oxygen atoms in total. The van der Waals surface area contributed by atoms with Crippen LogP contribution in [-0.2, 0) is 0 Å². The van der Waals surface area contributed by atoms with E-state index in [4.69, 9.17) is 0 Å². The molecule has 0 amide bonds. The number of rotatable bonds is 2. The Labute approximate surface area is 101 Å². The van der Waals surface area contributed by atoms with Crippen molar-refractivity contribution >= 4 is 5.69 Å². The lowest BCUT2D eigenvalue weighted by Gasteiger charge is -2.28. The summed E-state index contributed by atoms with van der Waals surface area (Å²) in [5.74, 6) is -0.209. The minimum atomic E-state index is -0.209. The summed E-state index contributed by atoms with van der Waals surface area (Å²) < 4.78 is 12.9. The average Bonchev–Trinajstić information content (AvgIpc) is 2.52. The summed E-state index contributed by atoms with van der Waals surface area (Å²) in [4.78, 5) is 4.40. The van der Waals surface area contributed by atoms with Crippen LogP contribution in [0, 0.1) is 5.82 Å². The summed E-state index contributed by atoms with van der Waals surface area (Å²) in [6.07, 6.45) is 1.06. The topological polar surface area (TPSA) is 26.7 Å². The predicted molar refractivity (Wildman–Crippen MR) is 66.7 cm³/mol. The highest BCUT2D eigenvalue weighted by atomic mass is 19.1. The van der Waals surface area contributed by atoms with Crippen molar-refractivity contribution in [2.45, 2.75) is 12.5 Å². The summed E-state index contributed by atoms with van der Waals surface area (Å²) in [6, 6.07) is 6.72. The minimum absolute atomic E-state index is 0.155. The Bertz CT molecular complexity index is 355. The van der Waals surface area contributed by atoms with Gasteiger partial charge in [0.25, 0.3) is 0 Å². The highest BCUT2D eigenvalue weighted by molar-refractivity contribution is 5.46. The number of hydrogen-bond acceptors (Lipinski definition) is 3. The quantitative estimate of drug-likeness (QED) is 0.842. The summed E-state index contributed by atoms with van der Waals surface area (Å²) in [5.41, 5.74) is 1.03. The zero-order valence-electron chi connectivity index (χ0n) is 10.1. The van der Waals surface area contributed by atoms with Crippen LogP contribution in [0.15, 0.2) is 24.3 Å². The van der Waals surface area contributed by atoms with Crippen LogP contribution >= 0.6 is 0 Å². The second-order valence-electron chi connectivity index (χ2n) is 4.59. The largest absolute Gasteiger partial charge is 0.395 e. The van der Waals surface area contributed by atoms with E-state index in [-0.39, 0.29) is 18.5 Å². The van der Waals surface area contributed by atoms with Crippen LogP contribution in [0.25, 0.3) is 0 Å². The fraction of sp³-hybridized carbons (Fsp3) is 0.538. The maximum absolute atomic E-state index is 12.9. The van der Waals surface area contributed by atoms with Gasteiger partial charge in [-0.3, -0.25) is 4.90 Å². The molecular weight excluding hydrogens is 219 g/mol. The van der Waals surface area contributed by atoms with E-state index in [1.807, 2.05) is 7.05 Å². The van der Waals surface area contributed by atoms with Gasteiger partial charge >= 0.3 is 0 Å². The Hall–Kier alpha value is -1.13. The van der Waals surface area contributed by atoms with E-state index < -0.39 is 0 Å². The van der Waals surface area contributed by atoms with Gasteiger partial charge in [0.15, 0.2) is 0 Å². The fourth-order valence-electron chi connectivity index (χ4n) is 2.26. The maximum atomic E-state index is 12.9. The van der Waals surface area contributed by atoms with Gasteiger partial charge in [-0.2, -0.15) is 0 Å². The molecule has 1 aromatic carbocycles. The molecule has 0 radical (unpaired) electrons. The van der Waals surface area contributed by atoms with E-state index in [0.29, 0.717) is 0 Å². The third-order valence-corrected chi connectivity index (χ3v) is 3.40. The molecule has 2 rings (SSSR count). The van der Waals surface area contributed by atoms with Gasteiger partial charge in [-0.1, -0.05) is 0 Å². The van der Waals surface area contributed by atoms with Crippen LogP contribution in [0.4, 0.5) is 10.1 Å². The molecule has 1 aliphatic rings. The Kier molecular flexibility index (Phi) is 3.97. The minimum Gasteiger partial charge on any atom is -0.395 e. The van der Waals surface area contributed by atoms with Gasteiger partial charge in [0, 0.05) is 24.8 Å². The van der Waals surface area contributed by atoms with Crippen molar-refractivity contribution in [2.24, 2.45) is 0 Å². The number of aliphatic hydroxyl groups excluding tert-OH is 1. The first-order valence-electron chi connectivity index (χ1n) is 6.02. The normalized spacial score (nSPS) is 22.5. The zero-order valence-corrected chi connectivity index (χ0v) is 10.1. The number of hydrogen-bond donors (Lipinski definition) is 1. The van der Waals surface area contributed by atoms with E-state index in [0.717, 1.165) is 31.7 Å². The van der Waals surface area contributed by atoms with Crippen molar-refractivity contribution in [3.8, 4) is 0 Å². The number of benzene rings is 1. The van der Waals surface area contributed by atoms with Crippen molar-refractivity contribution in [3.63, 3.8) is 0 Å². The SMILES string of the molecule is CN1CCCN(c2ccc(F)cc2)CC1CO. The van der Waals surface area contributed by atoms with Gasteiger partial charge in [-0.05, 0) is 44.3 Å². The van der Waals surface area contributed by atoms with E-state index in [9.17, 15) is 9.50 Å². The first-order valence-corrected chi connectivity index (χ1v) is 6.02. The monoisotopic (exact) mass is 238 g/mol. The van der Waals surface area contributed by atoms with Crippen molar-refractivity contribution in [3.05, 3.63) is 30.1 Å². The molecule has 1 fully saturated rings. The molecule has 1 heterocycles. The summed E-state index contributed by atoms with van der Waals surface area (Å²) in [6.45, 7) is 2.89. The Morgan fingerprint density at radius 3 is 2.65 bits per heavy atom. The molecular formula is C13H19FN2O. The second kappa shape index (κ2) is 5.47. The molecule has 1 aromatic rings. The Morgan fingerprint density at radius 2 is 2.00 bits per heavy atom.